The van der Waals surface area contributed by atoms with Crippen LogP contribution in [-0.2, 0) is 6.42 Å². The van der Waals surface area contributed by atoms with Crippen LogP contribution < -0.4 is 14.6 Å². The third kappa shape index (κ3) is 3.46. The highest BCUT2D eigenvalue weighted by atomic mass is 31.2. The molecule has 0 radical (unpaired) electrons. The molecule has 86 valence electrons. The van der Waals surface area contributed by atoms with Crippen molar-refractivity contribution >= 4 is 26.6 Å². The van der Waals surface area contributed by atoms with Crippen LogP contribution >= 0.6 is 26.6 Å². The molecule has 2 N–H and O–H groups in total. The zero-order valence-electron chi connectivity index (χ0n) is 8.66. The van der Waals surface area contributed by atoms with Crippen LogP contribution in [0.15, 0.2) is 36.9 Å². The maximum absolute atomic E-state index is 5.83. The van der Waals surface area contributed by atoms with Gasteiger partial charge in [-0.25, -0.2) is 0 Å². The fraction of sp³-hybridized carbons (Fsp3) is 0.111. The number of rotatable bonds is 4. The van der Waals surface area contributed by atoms with Crippen molar-refractivity contribution in [2.75, 3.05) is 0 Å². The molecular weight excluding hydrogens is 259 g/mol. The summed E-state index contributed by atoms with van der Waals surface area (Å²) in [7, 11) is 1.66. The Kier molecular flexibility index (Phi) is 5.12. The molecule has 1 saturated heterocycles. The topological polar surface area (TPSA) is 36.5 Å². The largest absolute Gasteiger partial charge is 0.396 e. The summed E-state index contributed by atoms with van der Waals surface area (Å²) in [5.41, 5.74) is 1.17. The van der Waals surface area contributed by atoms with Gasteiger partial charge in [0, 0.05) is 14.4 Å². The van der Waals surface area contributed by atoms with E-state index in [1.165, 1.54) is 5.56 Å². The second-order valence-corrected chi connectivity index (χ2v) is 7.04. The third-order valence-corrected chi connectivity index (χ3v) is 5.12. The molecule has 0 bridgehead atoms. The lowest BCUT2D eigenvalue weighted by Gasteiger charge is -2.27. The van der Waals surface area contributed by atoms with Crippen molar-refractivity contribution < 1.29 is 4.84 Å². The average Bonchev–Trinajstić information content (AvgIpc) is 2.33. The van der Waals surface area contributed by atoms with Crippen LogP contribution in [0.25, 0.3) is 0 Å². The SMILES string of the molecule is C=CCc1ccccc1ON1PNPNP1. The van der Waals surface area contributed by atoms with Gasteiger partial charge >= 0.3 is 0 Å². The Balaban J connectivity index is 2.04. The van der Waals surface area contributed by atoms with E-state index < -0.39 is 0 Å². The molecule has 0 amide bonds. The molecule has 0 aromatic heterocycles. The summed E-state index contributed by atoms with van der Waals surface area (Å²) in [6.45, 7) is 3.75. The van der Waals surface area contributed by atoms with Gasteiger partial charge in [0.15, 0.2) is 5.75 Å². The first-order chi connectivity index (χ1) is 7.90. The molecule has 1 heterocycles. The zero-order chi connectivity index (χ0) is 11.2. The Morgan fingerprint density at radius 1 is 1.31 bits per heavy atom. The Hall–Kier alpha value is -0.0700. The molecule has 7 heteroatoms. The van der Waals surface area contributed by atoms with Gasteiger partial charge in [-0.2, -0.15) is 0 Å². The summed E-state index contributed by atoms with van der Waals surface area (Å²) >= 11 is 0. The number of allylic oxidation sites excluding steroid dienone is 1. The summed E-state index contributed by atoms with van der Waals surface area (Å²) in [6.07, 6.45) is 2.72. The molecule has 2 rings (SSSR count). The Morgan fingerprint density at radius 3 is 2.81 bits per heavy atom. The molecule has 2 atom stereocenters. The minimum absolute atomic E-state index is 0.514. The van der Waals surface area contributed by atoms with Gasteiger partial charge in [0.25, 0.3) is 0 Å². The van der Waals surface area contributed by atoms with E-state index >= 15 is 0 Å². The maximum atomic E-state index is 5.83. The zero-order valence-corrected chi connectivity index (χ0v) is 11.7. The van der Waals surface area contributed by atoms with E-state index in [0.29, 0.717) is 26.6 Å². The molecule has 1 aliphatic rings. The normalized spacial score (nSPS) is 21.5. The number of hydrogen-bond acceptors (Lipinski definition) is 4. The highest BCUT2D eigenvalue weighted by Crippen LogP contribution is 2.38. The van der Waals surface area contributed by atoms with E-state index in [4.69, 9.17) is 4.84 Å². The minimum Gasteiger partial charge on any atom is -0.396 e. The first-order valence-corrected chi connectivity index (χ1v) is 7.73. The number of nitrogens with zero attached hydrogens (tertiary/aromatic N) is 1. The number of nitrogens with one attached hydrogen (secondary N) is 2. The van der Waals surface area contributed by atoms with E-state index in [2.05, 4.69) is 22.4 Å². The van der Waals surface area contributed by atoms with E-state index in [9.17, 15) is 0 Å². The van der Waals surface area contributed by atoms with Gasteiger partial charge in [-0.15, -0.1) is 6.58 Å². The molecule has 0 aliphatic carbocycles. The molecule has 0 spiro atoms. The molecule has 2 unspecified atom stereocenters. The van der Waals surface area contributed by atoms with Crippen LogP contribution in [0.3, 0.4) is 0 Å². The molecular formula is C9H14N3OP3. The first-order valence-electron chi connectivity index (χ1n) is 4.83. The number of para-hydroxylation sites is 1. The number of benzene rings is 1. The van der Waals surface area contributed by atoms with Crippen LogP contribution in [0.2, 0.25) is 0 Å². The van der Waals surface area contributed by atoms with Gasteiger partial charge in [0.1, 0.15) is 0 Å². The summed E-state index contributed by atoms with van der Waals surface area (Å²) < 4.78 is 1.92. The Morgan fingerprint density at radius 2 is 2.06 bits per heavy atom. The quantitative estimate of drug-likeness (QED) is 0.653. The van der Waals surface area contributed by atoms with Gasteiger partial charge in [-0.3, -0.25) is 9.72 Å². The molecule has 1 aromatic rings. The highest BCUT2D eigenvalue weighted by Gasteiger charge is 2.12. The second-order valence-electron chi connectivity index (χ2n) is 3.08. The van der Waals surface area contributed by atoms with Crippen molar-refractivity contribution in [2.24, 2.45) is 0 Å². The van der Waals surface area contributed by atoms with Gasteiger partial charge in [0.05, 0.1) is 17.8 Å². The van der Waals surface area contributed by atoms with E-state index in [-0.39, 0.29) is 0 Å². The van der Waals surface area contributed by atoms with Crippen molar-refractivity contribution in [3.05, 3.63) is 42.5 Å². The molecule has 1 aliphatic heterocycles. The van der Waals surface area contributed by atoms with Crippen molar-refractivity contribution in [3.63, 3.8) is 0 Å². The van der Waals surface area contributed by atoms with Crippen molar-refractivity contribution in [1.82, 2.24) is 14.3 Å². The van der Waals surface area contributed by atoms with E-state index in [1.807, 2.05) is 28.9 Å². The third-order valence-electron chi connectivity index (χ3n) is 1.97. The summed E-state index contributed by atoms with van der Waals surface area (Å²) in [5, 5.41) is 0. The van der Waals surface area contributed by atoms with Crippen molar-refractivity contribution in [1.29, 1.82) is 0 Å². The monoisotopic (exact) mass is 273 g/mol. The van der Waals surface area contributed by atoms with Gasteiger partial charge in [0.2, 0.25) is 0 Å². The summed E-state index contributed by atoms with van der Waals surface area (Å²) in [4.78, 5) is 12.3. The fourth-order valence-corrected chi connectivity index (χ4v) is 4.87. The molecule has 4 nitrogen and oxygen atoms in total. The lowest BCUT2D eigenvalue weighted by Crippen LogP contribution is -2.19. The molecule has 0 saturated carbocycles. The minimum atomic E-state index is 0.514. The van der Waals surface area contributed by atoms with Gasteiger partial charge in [-0.05, 0) is 12.5 Å². The predicted octanol–water partition coefficient (Wildman–Crippen LogP) is 2.73. The van der Waals surface area contributed by atoms with Crippen LogP contribution in [0.4, 0.5) is 0 Å². The fourth-order valence-electron chi connectivity index (χ4n) is 1.28. The Bertz CT molecular complexity index is 358. The van der Waals surface area contributed by atoms with Crippen molar-refractivity contribution in [2.45, 2.75) is 6.42 Å². The van der Waals surface area contributed by atoms with Crippen LogP contribution in [-0.4, -0.2) is 4.60 Å². The van der Waals surface area contributed by atoms with Gasteiger partial charge < -0.3 is 4.84 Å². The second kappa shape index (κ2) is 6.61. The average molecular weight is 273 g/mol. The van der Waals surface area contributed by atoms with Crippen LogP contribution in [0.5, 0.6) is 5.75 Å². The van der Waals surface area contributed by atoms with Crippen LogP contribution in [0.1, 0.15) is 5.56 Å². The molecule has 16 heavy (non-hydrogen) atoms. The van der Waals surface area contributed by atoms with E-state index in [1.54, 1.807) is 0 Å². The number of hydrogen-bond donors (Lipinski definition) is 2. The van der Waals surface area contributed by atoms with Crippen LogP contribution in [0, 0.1) is 0 Å². The summed E-state index contributed by atoms with van der Waals surface area (Å²) in [5.74, 6) is 0.913. The summed E-state index contributed by atoms with van der Waals surface area (Å²) in [6, 6.07) is 8.06. The smallest absolute Gasteiger partial charge is 0.151 e. The maximum Gasteiger partial charge on any atom is 0.151 e. The lowest BCUT2D eigenvalue weighted by atomic mass is 10.1. The van der Waals surface area contributed by atoms with Crippen molar-refractivity contribution in [3.8, 4) is 5.75 Å². The molecule has 1 aromatic carbocycles. The standard InChI is InChI=1S/C9H14N3OP3/c1-2-5-8-6-3-4-7-9(8)13-12-15-10-14-11-16-12/h2-4,6-7,10-11,14-16H,1,5H2. The Labute approximate surface area is 101 Å². The van der Waals surface area contributed by atoms with E-state index in [0.717, 1.165) is 12.2 Å². The highest BCUT2D eigenvalue weighted by molar-refractivity contribution is 7.65. The molecule has 1 fully saturated rings. The first kappa shape index (κ1) is 12.4. The predicted molar refractivity (Wildman–Crippen MR) is 74.0 cm³/mol. The lowest BCUT2D eigenvalue weighted by molar-refractivity contribution is 0.144. The van der Waals surface area contributed by atoms with Gasteiger partial charge in [-0.1, -0.05) is 28.9 Å².